The highest BCUT2D eigenvalue weighted by Gasteiger charge is 2.27. The van der Waals surface area contributed by atoms with Crippen LogP contribution in [0.2, 0.25) is 0 Å². The molecule has 0 bridgehead atoms. The third kappa shape index (κ3) is 9.20. The number of nitrogen functional groups attached to an aromatic ring is 1. The molecule has 1 atom stereocenters. The normalized spacial score (nSPS) is 15.1. The Morgan fingerprint density at radius 2 is 1.62 bits per heavy atom. The highest BCUT2D eigenvalue weighted by Crippen LogP contribution is 2.31. The summed E-state index contributed by atoms with van der Waals surface area (Å²) < 4.78 is 5.58. The van der Waals surface area contributed by atoms with Crippen LogP contribution in [0.3, 0.4) is 0 Å². The van der Waals surface area contributed by atoms with Gasteiger partial charge in [-0.3, -0.25) is 0 Å². The fourth-order valence-electron chi connectivity index (χ4n) is 4.66. The predicted molar refractivity (Wildman–Crippen MR) is 162 cm³/mol. The van der Waals surface area contributed by atoms with E-state index in [0.717, 1.165) is 37.4 Å². The molecule has 2 aromatic carbocycles. The van der Waals surface area contributed by atoms with Crippen molar-refractivity contribution in [2.45, 2.75) is 66.2 Å². The van der Waals surface area contributed by atoms with E-state index in [9.17, 15) is 4.79 Å². The van der Waals surface area contributed by atoms with Crippen molar-refractivity contribution in [1.29, 1.82) is 0 Å². The summed E-state index contributed by atoms with van der Waals surface area (Å²) in [6.07, 6.45) is 3.59. The Kier molecular flexibility index (Phi) is 11.0. The molecule has 0 spiro atoms. The van der Waals surface area contributed by atoms with E-state index < -0.39 is 5.60 Å². The first-order valence-electron chi connectivity index (χ1n) is 14.1. The molecule has 1 amide bonds. The number of carbonyl (C=O) groups is 1. The highest BCUT2D eigenvalue weighted by molar-refractivity contribution is 5.78. The Balaban J connectivity index is 0.00000205. The quantitative estimate of drug-likeness (QED) is 0.327. The average molecular weight is 532 g/mol. The summed E-state index contributed by atoms with van der Waals surface area (Å²) in [7, 11) is 0. The zero-order chi connectivity index (χ0) is 28.3. The van der Waals surface area contributed by atoms with Crippen LogP contribution in [-0.4, -0.2) is 41.2 Å². The summed E-state index contributed by atoms with van der Waals surface area (Å²) in [5, 5.41) is 3.54. The monoisotopic (exact) mass is 531 g/mol. The summed E-state index contributed by atoms with van der Waals surface area (Å²) >= 11 is 0. The minimum Gasteiger partial charge on any atom is -0.444 e. The number of piperidine rings is 1. The second-order valence-corrected chi connectivity index (χ2v) is 10.7. The lowest BCUT2D eigenvalue weighted by Gasteiger charge is -2.34. The van der Waals surface area contributed by atoms with Crippen molar-refractivity contribution < 1.29 is 9.53 Å². The number of carbonyl (C=O) groups excluding carboxylic acids is 1. The van der Waals surface area contributed by atoms with Crippen LogP contribution < -0.4 is 16.0 Å². The molecule has 0 radical (unpaired) electrons. The van der Waals surface area contributed by atoms with Gasteiger partial charge < -0.3 is 25.6 Å². The SMILES string of the molecule is CC.CC(C)(C)OC(=O)N1CCCC(CNc2ccnc(N(Cc3ccccc3)Cc3ccccc3)c2N)C1. The Morgan fingerprint density at radius 3 is 2.18 bits per heavy atom. The number of ether oxygens (including phenoxy) is 1. The molecular formula is C32H45N5O2. The van der Waals surface area contributed by atoms with Gasteiger partial charge in [0.2, 0.25) is 0 Å². The van der Waals surface area contributed by atoms with Crippen LogP contribution in [0.4, 0.5) is 22.0 Å². The Hall–Kier alpha value is -3.74. The Morgan fingerprint density at radius 1 is 1.03 bits per heavy atom. The number of amides is 1. The maximum absolute atomic E-state index is 12.6. The van der Waals surface area contributed by atoms with E-state index >= 15 is 0 Å². The summed E-state index contributed by atoms with van der Waals surface area (Å²) in [6, 6.07) is 22.7. The number of likely N-dealkylation sites (tertiary alicyclic amines) is 1. The molecule has 4 rings (SSSR count). The number of hydrogen-bond acceptors (Lipinski definition) is 6. The Bertz CT molecular complexity index is 1110. The van der Waals surface area contributed by atoms with Gasteiger partial charge in [0.15, 0.2) is 5.82 Å². The number of benzene rings is 2. The molecule has 1 fully saturated rings. The molecule has 7 heteroatoms. The smallest absolute Gasteiger partial charge is 0.410 e. The topological polar surface area (TPSA) is 83.7 Å². The van der Waals surface area contributed by atoms with Gasteiger partial charge in [-0.1, -0.05) is 74.5 Å². The maximum Gasteiger partial charge on any atom is 0.410 e. The van der Waals surface area contributed by atoms with Crippen molar-refractivity contribution >= 4 is 23.3 Å². The highest BCUT2D eigenvalue weighted by atomic mass is 16.6. The minimum absolute atomic E-state index is 0.236. The summed E-state index contributed by atoms with van der Waals surface area (Å²) in [5.41, 5.74) is 10.1. The number of hydrogen-bond donors (Lipinski definition) is 2. The van der Waals surface area contributed by atoms with E-state index in [2.05, 4.69) is 63.7 Å². The predicted octanol–water partition coefficient (Wildman–Crippen LogP) is 6.96. The van der Waals surface area contributed by atoms with Crippen LogP contribution in [0, 0.1) is 5.92 Å². The largest absolute Gasteiger partial charge is 0.444 e. The van der Waals surface area contributed by atoms with Gasteiger partial charge >= 0.3 is 6.09 Å². The maximum atomic E-state index is 12.6. The van der Waals surface area contributed by atoms with Crippen molar-refractivity contribution in [3.05, 3.63) is 84.1 Å². The van der Waals surface area contributed by atoms with Gasteiger partial charge in [0.05, 0.1) is 11.4 Å². The summed E-state index contributed by atoms with van der Waals surface area (Å²) in [6.45, 7) is 13.2. The van der Waals surface area contributed by atoms with E-state index in [1.807, 2.05) is 63.9 Å². The van der Waals surface area contributed by atoms with Crippen molar-refractivity contribution in [3.63, 3.8) is 0 Å². The van der Waals surface area contributed by atoms with E-state index in [-0.39, 0.29) is 6.09 Å². The van der Waals surface area contributed by atoms with Crippen LogP contribution in [0.5, 0.6) is 0 Å². The first-order valence-corrected chi connectivity index (χ1v) is 14.1. The zero-order valence-electron chi connectivity index (χ0n) is 24.2. The van der Waals surface area contributed by atoms with E-state index in [4.69, 9.17) is 10.5 Å². The lowest BCUT2D eigenvalue weighted by atomic mass is 9.98. The molecule has 2 heterocycles. The van der Waals surface area contributed by atoms with Crippen LogP contribution >= 0.6 is 0 Å². The number of anilines is 3. The Labute approximate surface area is 234 Å². The van der Waals surface area contributed by atoms with Gasteiger partial charge in [-0.15, -0.1) is 0 Å². The molecule has 39 heavy (non-hydrogen) atoms. The zero-order valence-corrected chi connectivity index (χ0v) is 24.2. The van der Waals surface area contributed by atoms with Gasteiger partial charge in [-0.2, -0.15) is 0 Å². The van der Waals surface area contributed by atoms with Crippen molar-refractivity contribution in [1.82, 2.24) is 9.88 Å². The molecule has 1 unspecified atom stereocenters. The minimum atomic E-state index is -0.491. The second kappa shape index (κ2) is 14.4. The molecule has 210 valence electrons. The van der Waals surface area contributed by atoms with Crippen LogP contribution in [0.1, 0.15) is 58.6 Å². The second-order valence-electron chi connectivity index (χ2n) is 10.7. The number of nitrogens with two attached hydrogens (primary N) is 1. The van der Waals surface area contributed by atoms with Crippen LogP contribution in [0.15, 0.2) is 72.9 Å². The van der Waals surface area contributed by atoms with E-state index in [1.165, 1.54) is 11.1 Å². The van der Waals surface area contributed by atoms with Crippen LogP contribution in [0.25, 0.3) is 0 Å². The van der Waals surface area contributed by atoms with Crippen molar-refractivity contribution in [2.75, 3.05) is 35.6 Å². The van der Waals surface area contributed by atoms with Crippen LogP contribution in [-0.2, 0) is 17.8 Å². The number of nitrogens with zero attached hydrogens (tertiary/aromatic N) is 3. The standard InChI is InChI=1S/C30H39N5O2.C2H6/c1-30(2,3)37-29(36)34-18-10-15-25(22-34)19-33-26-16-17-32-28(27(26)31)35(20-23-11-6-4-7-12-23)21-24-13-8-5-9-14-24;1-2/h4-9,11-14,16-17,25H,10,15,18-22,31H2,1-3H3,(H,32,33);1-2H3. The van der Waals surface area contributed by atoms with Gasteiger partial charge in [-0.05, 0) is 56.7 Å². The third-order valence-electron chi connectivity index (χ3n) is 6.45. The molecule has 7 nitrogen and oxygen atoms in total. The van der Waals surface area contributed by atoms with E-state index in [0.29, 0.717) is 31.2 Å². The molecule has 1 aromatic heterocycles. The third-order valence-corrected chi connectivity index (χ3v) is 6.45. The summed E-state index contributed by atoms with van der Waals surface area (Å²) in [4.78, 5) is 21.3. The molecule has 1 aliphatic rings. The average Bonchev–Trinajstić information content (AvgIpc) is 2.94. The fourth-order valence-corrected chi connectivity index (χ4v) is 4.66. The molecule has 3 aromatic rings. The molecule has 1 aliphatic heterocycles. The van der Waals surface area contributed by atoms with Crippen molar-refractivity contribution in [2.24, 2.45) is 5.92 Å². The van der Waals surface area contributed by atoms with Gasteiger partial charge in [-0.25, -0.2) is 9.78 Å². The molecule has 0 aliphatic carbocycles. The first-order chi connectivity index (χ1) is 18.8. The van der Waals surface area contributed by atoms with Gasteiger partial charge in [0.25, 0.3) is 0 Å². The number of rotatable bonds is 8. The molecule has 0 saturated carbocycles. The van der Waals surface area contributed by atoms with Crippen molar-refractivity contribution in [3.8, 4) is 0 Å². The number of nitrogens with one attached hydrogen (secondary N) is 1. The first kappa shape index (κ1) is 29.8. The number of pyridine rings is 1. The lowest BCUT2D eigenvalue weighted by Crippen LogP contribution is -2.44. The lowest BCUT2D eigenvalue weighted by molar-refractivity contribution is 0.0172. The van der Waals surface area contributed by atoms with E-state index in [1.54, 1.807) is 0 Å². The molecular weight excluding hydrogens is 486 g/mol. The molecule has 1 saturated heterocycles. The summed E-state index contributed by atoms with van der Waals surface area (Å²) in [5.74, 6) is 1.08. The van der Waals surface area contributed by atoms with Gasteiger partial charge in [0.1, 0.15) is 5.60 Å². The molecule has 3 N–H and O–H groups in total. The number of aromatic nitrogens is 1. The fraction of sp³-hybridized carbons (Fsp3) is 0.438. The van der Waals surface area contributed by atoms with Gasteiger partial charge in [0, 0.05) is 38.9 Å².